The molecule has 4 rings (SSSR count). The summed E-state index contributed by atoms with van der Waals surface area (Å²) >= 11 is 0. The number of aliphatic hydroxyl groups excluding tert-OH is 3. The number of aliphatic hydroxyl groups is 3. The van der Waals surface area contributed by atoms with Crippen LogP contribution < -0.4 is 19.5 Å². The molecule has 3 aromatic rings. The third-order valence-electron chi connectivity index (χ3n) is 9.53. The van der Waals surface area contributed by atoms with Crippen LogP contribution in [0.4, 0.5) is 0 Å². The fourth-order valence-corrected chi connectivity index (χ4v) is 6.60. The summed E-state index contributed by atoms with van der Waals surface area (Å²) in [6, 6.07) is 21.0. The van der Waals surface area contributed by atoms with Gasteiger partial charge in [-0.1, -0.05) is 60.7 Å². The van der Waals surface area contributed by atoms with Crippen LogP contribution >= 0.6 is 0 Å². The van der Waals surface area contributed by atoms with Gasteiger partial charge >= 0.3 is 11.9 Å². The number of carbonyl (C=O) groups is 3. The number of carbonyl (C=O) groups excluding carboxylic acids is 3. The molecular formula is C42H52N2O12. The van der Waals surface area contributed by atoms with Gasteiger partial charge in [-0.3, -0.25) is 15.2 Å². The minimum atomic E-state index is -0.697. The minimum absolute atomic E-state index is 0.0923. The SMILES string of the molecule is COc1cc(/C=C/C(=O)Oc2cccc(CON(O)O)c2)ccc1OC(=O)CNC(=O)CCC/C=C\C[C@@H]1[C@@H](CC[C@@H](O)CCc2ccccc2)[C@H](O)C[C@@H]1O. The summed E-state index contributed by atoms with van der Waals surface area (Å²) < 4.78 is 16.0. The monoisotopic (exact) mass is 776 g/mol. The molecule has 0 radical (unpaired) electrons. The third kappa shape index (κ3) is 15.3. The van der Waals surface area contributed by atoms with Gasteiger partial charge in [0.2, 0.25) is 5.91 Å². The van der Waals surface area contributed by atoms with Crippen molar-refractivity contribution in [2.24, 2.45) is 11.8 Å². The molecule has 0 saturated heterocycles. The molecule has 0 unspecified atom stereocenters. The molecule has 56 heavy (non-hydrogen) atoms. The number of allylic oxidation sites excluding steroid dienone is 2. The third-order valence-corrected chi connectivity index (χ3v) is 9.53. The van der Waals surface area contributed by atoms with Crippen molar-refractivity contribution in [1.29, 1.82) is 0 Å². The molecule has 1 aliphatic carbocycles. The molecule has 0 aromatic heterocycles. The number of methoxy groups -OCH3 is 1. The van der Waals surface area contributed by atoms with Crippen LogP contribution in [0, 0.1) is 11.8 Å². The lowest BCUT2D eigenvalue weighted by molar-refractivity contribution is -0.497. The maximum Gasteiger partial charge on any atom is 0.336 e. The molecule has 5 atom stereocenters. The quantitative estimate of drug-likeness (QED) is 0.0197. The van der Waals surface area contributed by atoms with Crippen LogP contribution in [0.3, 0.4) is 0 Å². The number of nitrogens with one attached hydrogen (secondary N) is 1. The van der Waals surface area contributed by atoms with Crippen molar-refractivity contribution in [3.63, 3.8) is 0 Å². The van der Waals surface area contributed by atoms with Crippen molar-refractivity contribution in [3.8, 4) is 17.2 Å². The first kappa shape index (κ1) is 43.8. The van der Waals surface area contributed by atoms with Gasteiger partial charge in [0.15, 0.2) is 11.5 Å². The van der Waals surface area contributed by atoms with Gasteiger partial charge in [0.1, 0.15) is 12.3 Å². The van der Waals surface area contributed by atoms with Crippen molar-refractivity contribution >= 4 is 23.9 Å². The van der Waals surface area contributed by atoms with Gasteiger partial charge in [0.25, 0.3) is 0 Å². The smallest absolute Gasteiger partial charge is 0.336 e. The van der Waals surface area contributed by atoms with Crippen molar-refractivity contribution in [1.82, 2.24) is 10.7 Å². The zero-order valence-electron chi connectivity index (χ0n) is 31.4. The van der Waals surface area contributed by atoms with Gasteiger partial charge < -0.3 is 34.8 Å². The first-order valence-electron chi connectivity index (χ1n) is 18.7. The first-order chi connectivity index (χ1) is 27.0. The number of hydrogen-bond acceptors (Lipinski definition) is 13. The Morgan fingerprint density at radius 3 is 2.43 bits per heavy atom. The molecule has 1 amide bonds. The minimum Gasteiger partial charge on any atom is -0.493 e. The van der Waals surface area contributed by atoms with E-state index in [4.69, 9.17) is 24.6 Å². The molecule has 14 nitrogen and oxygen atoms in total. The van der Waals surface area contributed by atoms with Gasteiger partial charge in [-0.25, -0.2) is 14.4 Å². The first-order valence-corrected chi connectivity index (χ1v) is 18.7. The average Bonchev–Trinajstić information content (AvgIpc) is 3.46. The standard InChI is InChI=1S/C42H52N2O12/c1-53-39-25-30(18-23-41(49)55-33-13-9-12-31(24-33)28-54-44(51)52)17-22-38(39)56-42(50)27-43-40(48)15-8-3-2-7-14-34-35(37(47)26-36(34)46)21-20-32(45)19-16-29-10-5-4-6-11-29/h2,4-7,9-13,17-18,22-25,32,34-37,45-47,51-52H,3,8,14-16,19-21,26-28H2,1H3,(H,43,48)/b7-2-,23-18+/t32-,34+,35+,36-,37+/m0/s1. The lowest BCUT2D eigenvalue weighted by atomic mass is 9.85. The van der Waals surface area contributed by atoms with Crippen LogP contribution in [-0.4, -0.2) is 80.9 Å². The molecule has 1 saturated carbocycles. The van der Waals surface area contributed by atoms with E-state index in [0.717, 1.165) is 6.42 Å². The zero-order valence-corrected chi connectivity index (χ0v) is 31.4. The molecule has 0 spiro atoms. The molecule has 3 aromatic carbocycles. The van der Waals surface area contributed by atoms with Gasteiger partial charge in [-0.2, -0.15) is 0 Å². The van der Waals surface area contributed by atoms with E-state index in [-0.39, 0.29) is 54.6 Å². The Hall–Kier alpha value is -4.93. The Morgan fingerprint density at radius 2 is 1.66 bits per heavy atom. The molecule has 6 N–H and O–H groups in total. The number of aryl methyl sites for hydroxylation is 1. The molecular weight excluding hydrogens is 724 g/mol. The highest BCUT2D eigenvalue weighted by molar-refractivity contribution is 5.89. The highest BCUT2D eigenvalue weighted by Gasteiger charge is 2.40. The fourth-order valence-electron chi connectivity index (χ4n) is 6.60. The van der Waals surface area contributed by atoms with Gasteiger partial charge in [-0.05, 0) is 110 Å². The lowest BCUT2D eigenvalue weighted by Gasteiger charge is -2.23. The van der Waals surface area contributed by atoms with Gasteiger partial charge in [0, 0.05) is 12.5 Å². The number of ether oxygens (including phenoxy) is 3. The Kier molecular flexibility index (Phi) is 18.2. The van der Waals surface area contributed by atoms with Crippen LogP contribution in [-0.2, 0) is 32.2 Å². The Balaban J connectivity index is 1.12. The number of nitrogens with zero attached hydrogens (tertiary/aromatic N) is 1. The maximum atomic E-state index is 12.5. The summed E-state index contributed by atoms with van der Waals surface area (Å²) in [5.41, 5.74) is 2.26. The van der Waals surface area contributed by atoms with E-state index in [1.54, 1.807) is 30.3 Å². The number of esters is 2. The summed E-state index contributed by atoms with van der Waals surface area (Å²) in [6.45, 7) is -0.509. The van der Waals surface area contributed by atoms with Gasteiger partial charge in [-0.15, -0.1) is 0 Å². The second-order valence-corrected chi connectivity index (χ2v) is 13.6. The highest BCUT2D eigenvalue weighted by Crippen LogP contribution is 2.38. The van der Waals surface area contributed by atoms with Gasteiger partial charge in [0.05, 0.1) is 37.4 Å². The number of unbranched alkanes of at least 4 members (excludes halogenated alkanes) is 1. The predicted octanol–water partition coefficient (Wildman–Crippen LogP) is 5.10. The van der Waals surface area contributed by atoms with Crippen LogP contribution in [0.5, 0.6) is 17.2 Å². The topological polar surface area (TPSA) is 205 Å². The number of benzene rings is 3. The molecule has 302 valence electrons. The lowest BCUT2D eigenvalue weighted by Crippen LogP contribution is -2.31. The summed E-state index contributed by atoms with van der Waals surface area (Å²) in [5, 5.41) is 51.2. The largest absolute Gasteiger partial charge is 0.493 e. The normalized spacial score (nSPS) is 18.7. The van der Waals surface area contributed by atoms with E-state index in [1.165, 1.54) is 37.0 Å². The summed E-state index contributed by atoms with van der Waals surface area (Å²) in [5.74, 6) is -1.30. The maximum absolute atomic E-state index is 12.5. The van der Waals surface area contributed by atoms with Crippen LogP contribution in [0.25, 0.3) is 6.08 Å². The van der Waals surface area contributed by atoms with Crippen LogP contribution in [0.2, 0.25) is 0 Å². The summed E-state index contributed by atoms with van der Waals surface area (Å²) in [7, 11) is 1.40. The summed E-state index contributed by atoms with van der Waals surface area (Å²) in [6.07, 6.45) is 9.88. The Bertz CT molecular complexity index is 1750. The van der Waals surface area contributed by atoms with E-state index < -0.39 is 35.6 Å². The van der Waals surface area contributed by atoms with E-state index >= 15 is 0 Å². The van der Waals surface area contributed by atoms with Crippen molar-refractivity contribution in [2.45, 2.75) is 82.7 Å². The molecule has 0 aliphatic heterocycles. The van der Waals surface area contributed by atoms with Crippen molar-refractivity contribution < 1.29 is 59.2 Å². The fraction of sp³-hybridized carbons (Fsp3) is 0.405. The number of rotatable bonds is 22. The van der Waals surface area contributed by atoms with E-state index in [1.807, 2.05) is 42.5 Å². The Morgan fingerprint density at radius 1 is 0.893 bits per heavy atom. The molecule has 1 fully saturated rings. The average molecular weight is 777 g/mol. The van der Waals surface area contributed by atoms with E-state index in [9.17, 15) is 29.7 Å². The van der Waals surface area contributed by atoms with Crippen molar-refractivity contribution in [2.75, 3.05) is 13.7 Å². The zero-order chi connectivity index (χ0) is 40.3. The molecule has 0 bridgehead atoms. The van der Waals surface area contributed by atoms with E-state index in [0.29, 0.717) is 56.1 Å². The molecule has 1 aliphatic rings. The predicted molar refractivity (Wildman–Crippen MR) is 204 cm³/mol. The highest BCUT2D eigenvalue weighted by atomic mass is 17.1. The number of hydrogen-bond donors (Lipinski definition) is 6. The van der Waals surface area contributed by atoms with E-state index in [2.05, 4.69) is 10.2 Å². The van der Waals surface area contributed by atoms with Crippen molar-refractivity contribution in [3.05, 3.63) is 108 Å². The second-order valence-electron chi connectivity index (χ2n) is 13.6. The second kappa shape index (κ2) is 23.2. The molecule has 0 heterocycles. The molecule has 14 heteroatoms. The summed E-state index contributed by atoms with van der Waals surface area (Å²) in [4.78, 5) is 41.8. The van der Waals surface area contributed by atoms with Crippen LogP contribution in [0.15, 0.2) is 91.0 Å². The van der Waals surface area contributed by atoms with Crippen LogP contribution in [0.1, 0.15) is 68.1 Å². The number of amides is 1. The Labute approximate surface area is 326 Å².